The quantitative estimate of drug-likeness (QED) is 0.300. The third-order valence-electron chi connectivity index (χ3n) is 4.28. The molecule has 0 bridgehead atoms. The Kier molecular flexibility index (Phi) is 27.3. The average Bonchev–Trinajstić information content (AvgIpc) is 2.59. The van der Waals surface area contributed by atoms with Gasteiger partial charge >= 0.3 is 0 Å². The van der Waals surface area contributed by atoms with E-state index in [2.05, 4.69) is 6.92 Å². The first-order valence-corrected chi connectivity index (χ1v) is 10.6. The number of rotatable bonds is 17. The average molecular weight is 347 g/mol. The molecule has 148 valence electrons. The summed E-state index contributed by atoms with van der Waals surface area (Å²) in [6.07, 6.45) is 21.6. The van der Waals surface area contributed by atoms with Crippen LogP contribution in [0.15, 0.2) is 0 Å². The van der Waals surface area contributed by atoms with Crippen molar-refractivity contribution < 1.29 is 15.3 Å². The summed E-state index contributed by atoms with van der Waals surface area (Å²) in [5.41, 5.74) is 0. The van der Waals surface area contributed by atoms with Gasteiger partial charge in [-0.3, -0.25) is 0 Å². The largest absolute Gasteiger partial charge is 0.396 e. The first-order valence-electron chi connectivity index (χ1n) is 10.6. The van der Waals surface area contributed by atoms with Crippen LogP contribution >= 0.6 is 0 Å². The Balaban J connectivity index is 0. The van der Waals surface area contributed by atoms with Crippen LogP contribution in [0.1, 0.15) is 117 Å². The van der Waals surface area contributed by atoms with E-state index < -0.39 is 6.10 Å². The standard InChI is InChI=1S/C18H38O.C3H8O2/c1-2-3-4-5-6-7-8-9-10-11-12-13-14-15-16-17-18-19;1-3(5)2-4/h19H,2-18H2,1H3;3-5H,2H2,1H3. The summed E-state index contributed by atoms with van der Waals surface area (Å²) in [5.74, 6) is 0. The van der Waals surface area contributed by atoms with Gasteiger partial charge in [0, 0.05) is 6.61 Å². The van der Waals surface area contributed by atoms with Gasteiger partial charge in [-0.05, 0) is 13.3 Å². The molecule has 0 fully saturated rings. The van der Waals surface area contributed by atoms with Crippen molar-refractivity contribution in [2.45, 2.75) is 123 Å². The van der Waals surface area contributed by atoms with Crippen molar-refractivity contribution >= 4 is 0 Å². The number of aliphatic hydroxyl groups excluding tert-OH is 3. The Morgan fingerprint density at radius 3 is 1.00 bits per heavy atom. The molecule has 0 aliphatic carbocycles. The molecular weight excluding hydrogens is 300 g/mol. The van der Waals surface area contributed by atoms with Crippen LogP contribution in [0.4, 0.5) is 0 Å². The molecule has 0 radical (unpaired) electrons. The molecular formula is C21H46O3. The summed E-state index contributed by atoms with van der Waals surface area (Å²) in [5, 5.41) is 24.7. The van der Waals surface area contributed by atoms with Gasteiger partial charge in [-0.25, -0.2) is 0 Å². The maximum Gasteiger partial charge on any atom is 0.0742 e. The molecule has 24 heavy (non-hydrogen) atoms. The fraction of sp³-hybridized carbons (Fsp3) is 1.00. The molecule has 3 N–H and O–H groups in total. The fourth-order valence-corrected chi connectivity index (χ4v) is 2.66. The molecule has 0 aliphatic heterocycles. The van der Waals surface area contributed by atoms with Gasteiger partial charge in [-0.1, -0.05) is 103 Å². The summed E-state index contributed by atoms with van der Waals surface area (Å²) < 4.78 is 0. The highest BCUT2D eigenvalue weighted by atomic mass is 16.3. The molecule has 0 rings (SSSR count). The molecule has 0 spiro atoms. The van der Waals surface area contributed by atoms with Gasteiger partial charge in [0.25, 0.3) is 0 Å². The Morgan fingerprint density at radius 1 is 0.542 bits per heavy atom. The molecule has 0 saturated carbocycles. The molecule has 0 aromatic heterocycles. The highest BCUT2D eigenvalue weighted by Crippen LogP contribution is 2.13. The van der Waals surface area contributed by atoms with Crippen molar-refractivity contribution in [3.8, 4) is 0 Å². The molecule has 1 unspecified atom stereocenters. The summed E-state index contributed by atoms with van der Waals surface area (Å²) in [4.78, 5) is 0. The second-order valence-electron chi connectivity index (χ2n) is 7.06. The van der Waals surface area contributed by atoms with E-state index >= 15 is 0 Å². The lowest BCUT2D eigenvalue weighted by Gasteiger charge is -2.03. The highest BCUT2D eigenvalue weighted by Gasteiger charge is 1.94. The van der Waals surface area contributed by atoms with Gasteiger partial charge in [0.1, 0.15) is 0 Å². The van der Waals surface area contributed by atoms with Crippen molar-refractivity contribution in [1.29, 1.82) is 0 Å². The Bertz CT molecular complexity index is 180. The number of hydrogen-bond donors (Lipinski definition) is 3. The van der Waals surface area contributed by atoms with Gasteiger partial charge < -0.3 is 15.3 Å². The first-order chi connectivity index (χ1) is 11.7. The van der Waals surface area contributed by atoms with Gasteiger partial charge in [0.15, 0.2) is 0 Å². The minimum atomic E-state index is -0.560. The van der Waals surface area contributed by atoms with E-state index in [1.165, 1.54) is 103 Å². The van der Waals surface area contributed by atoms with Crippen molar-refractivity contribution in [2.24, 2.45) is 0 Å². The lowest BCUT2D eigenvalue weighted by atomic mass is 10.0. The van der Waals surface area contributed by atoms with E-state index in [9.17, 15) is 0 Å². The van der Waals surface area contributed by atoms with Gasteiger partial charge in [-0.15, -0.1) is 0 Å². The predicted molar refractivity (Wildman–Crippen MR) is 105 cm³/mol. The van der Waals surface area contributed by atoms with Crippen molar-refractivity contribution in [2.75, 3.05) is 13.2 Å². The van der Waals surface area contributed by atoms with Crippen LogP contribution in [0.2, 0.25) is 0 Å². The molecule has 3 nitrogen and oxygen atoms in total. The van der Waals surface area contributed by atoms with Crippen LogP contribution in [0, 0.1) is 0 Å². The zero-order valence-corrected chi connectivity index (χ0v) is 16.6. The van der Waals surface area contributed by atoms with E-state index in [1.54, 1.807) is 0 Å². The normalized spacial score (nSPS) is 11.9. The van der Waals surface area contributed by atoms with Crippen molar-refractivity contribution in [1.82, 2.24) is 0 Å². The SMILES string of the molecule is CC(O)CO.CCCCCCCCCCCCCCCCCCO. The molecule has 0 aliphatic rings. The summed E-state index contributed by atoms with van der Waals surface area (Å²) in [6, 6.07) is 0. The molecule has 1 atom stereocenters. The molecule has 0 aromatic carbocycles. The summed E-state index contributed by atoms with van der Waals surface area (Å²) in [7, 11) is 0. The highest BCUT2D eigenvalue weighted by molar-refractivity contribution is 4.49. The monoisotopic (exact) mass is 346 g/mol. The lowest BCUT2D eigenvalue weighted by molar-refractivity contribution is 0.110. The van der Waals surface area contributed by atoms with Gasteiger partial charge in [0.05, 0.1) is 12.7 Å². The van der Waals surface area contributed by atoms with Gasteiger partial charge in [-0.2, -0.15) is 0 Å². The summed E-state index contributed by atoms with van der Waals surface area (Å²) in [6.45, 7) is 4.05. The Hall–Kier alpha value is -0.120. The maximum absolute atomic E-state index is 8.67. The van der Waals surface area contributed by atoms with E-state index in [1.807, 2.05) is 0 Å². The van der Waals surface area contributed by atoms with Crippen LogP contribution in [0.25, 0.3) is 0 Å². The van der Waals surface area contributed by atoms with Gasteiger partial charge in [0.2, 0.25) is 0 Å². The predicted octanol–water partition coefficient (Wildman–Crippen LogP) is 5.60. The second kappa shape index (κ2) is 25.1. The van der Waals surface area contributed by atoms with Crippen LogP contribution in [-0.4, -0.2) is 34.6 Å². The van der Waals surface area contributed by atoms with E-state index in [0.717, 1.165) is 6.42 Å². The zero-order valence-electron chi connectivity index (χ0n) is 16.6. The van der Waals surface area contributed by atoms with Crippen LogP contribution in [0.3, 0.4) is 0 Å². The third kappa shape index (κ3) is 29.8. The summed E-state index contributed by atoms with van der Waals surface area (Å²) >= 11 is 0. The van der Waals surface area contributed by atoms with Crippen LogP contribution < -0.4 is 0 Å². The number of hydrogen-bond acceptors (Lipinski definition) is 3. The number of aliphatic hydroxyl groups is 3. The number of unbranched alkanes of at least 4 members (excludes halogenated alkanes) is 15. The van der Waals surface area contributed by atoms with E-state index in [0.29, 0.717) is 6.61 Å². The minimum Gasteiger partial charge on any atom is -0.396 e. The molecule has 0 aromatic rings. The topological polar surface area (TPSA) is 60.7 Å². The third-order valence-corrected chi connectivity index (χ3v) is 4.28. The van der Waals surface area contributed by atoms with Crippen LogP contribution in [-0.2, 0) is 0 Å². The van der Waals surface area contributed by atoms with Crippen LogP contribution in [0.5, 0.6) is 0 Å². The Labute approximate surface area is 151 Å². The first kappa shape index (κ1) is 26.1. The fourth-order valence-electron chi connectivity index (χ4n) is 2.66. The Morgan fingerprint density at radius 2 is 0.792 bits per heavy atom. The second-order valence-corrected chi connectivity index (χ2v) is 7.06. The van der Waals surface area contributed by atoms with Crippen molar-refractivity contribution in [3.63, 3.8) is 0 Å². The van der Waals surface area contributed by atoms with E-state index in [-0.39, 0.29) is 6.61 Å². The van der Waals surface area contributed by atoms with E-state index in [4.69, 9.17) is 15.3 Å². The minimum absolute atomic E-state index is 0.139. The smallest absolute Gasteiger partial charge is 0.0742 e. The molecule has 0 heterocycles. The maximum atomic E-state index is 8.67. The zero-order chi connectivity index (χ0) is 18.3. The molecule has 0 saturated heterocycles. The lowest BCUT2D eigenvalue weighted by Crippen LogP contribution is -2.03. The van der Waals surface area contributed by atoms with Crippen molar-refractivity contribution in [3.05, 3.63) is 0 Å². The molecule has 0 amide bonds. The molecule has 3 heteroatoms.